The molecule has 0 rings (SSSR count). The van der Waals surface area contributed by atoms with E-state index >= 15 is 0 Å². The fraction of sp³-hybridized carbons (Fsp3) is 1.00. The van der Waals surface area contributed by atoms with Crippen LogP contribution in [0.25, 0.3) is 0 Å². The van der Waals surface area contributed by atoms with Gasteiger partial charge >= 0.3 is 7.60 Å². The molecule has 0 bridgehead atoms. The quantitative estimate of drug-likeness (QED) is 0.0558. The Morgan fingerprint density at radius 2 is 0.548 bits per heavy atom. The molecule has 0 unspecified atom stereocenters. The molecule has 5 heteroatoms. The third-order valence-corrected chi connectivity index (χ3v) is 10.4. The van der Waals surface area contributed by atoms with E-state index in [9.17, 15) is 4.57 Å². The van der Waals surface area contributed by atoms with Crippen LogP contribution in [0, 0.1) is 0 Å². The van der Waals surface area contributed by atoms with Crippen molar-refractivity contribution in [3.63, 3.8) is 0 Å². The summed E-state index contributed by atoms with van der Waals surface area (Å²) >= 11 is 0. The zero-order valence-corrected chi connectivity index (χ0v) is 29.9. The maximum absolute atomic E-state index is 12.7. The molecule has 42 heavy (non-hydrogen) atoms. The average molecular weight is 616 g/mol. The molecule has 0 aromatic heterocycles. The van der Waals surface area contributed by atoms with Crippen LogP contribution in [0.2, 0.25) is 0 Å². The zero-order chi connectivity index (χ0) is 30.7. The van der Waals surface area contributed by atoms with Gasteiger partial charge < -0.3 is 14.8 Å². The molecule has 0 saturated carbocycles. The van der Waals surface area contributed by atoms with Gasteiger partial charge in [-0.1, -0.05) is 206 Å². The number of rotatable bonds is 37. The van der Waals surface area contributed by atoms with Gasteiger partial charge in [0.15, 0.2) is 0 Å². The summed E-state index contributed by atoms with van der Waals surface area (Å²) in [5.74, 6) is 0. The highest BCUT2D eigenvalue weighted by atomic mass is 31.2. The fourth-order valence-electron chi connectivity index (χ4n) is 5.85. The van der Waals surface area contributed by atoms with Crippen LogP contribution in [0.1, 0.15) is 219 Å². The van der Waals surface area contributed by atoms with Crippen LogP contribution in [-0.2, 0) is 13.6 Å². The number of hydrogen-bond acceptors (Lipinski definition) is 4. The summed E-state index contributed by atoms with van der Waals surface area (Å²) in [5, 5.41) is 0. The number of unbranched alkanes of at least 4 members (excludes halogenated alkanes) is 30. The van der Waals surface area contributed by atoms with E-state index in [1.54, 1.807) is 0 Å². The summed E-state index contributed by atoms with van der Waals surface area (Å²) in [6.07, 6.45) is 43.1. The molecular formula is C37H78NO3P. The second-order valence-electron chi connectivity index (χ2n) is 13.1. The van der Waals surface area contributed by atoms with Gasteiger partial charge in [0.1, 0.15) is 0 Å². The Bertz CT molecular complexity index is 503. The van der Waals surface area contributed by atoms with Crippen molar-refractivity contribution in [3.8, 4) is 0 Å². The predicted molar refractivity (Wildman–Crippen MR) is 188 cm³/mol. The second-order valence-corrected chi connectivity index (χ2v) is 15.2. The van der Waals surface area contributed by atoms with Crippen molar-refractivity contribution >= 4 is 7.60 Å². The first-order valence-corrected chi connectivity index (χ1v) is 21.0. The molecule has 0 fully saturated rings. The highest BCUT2D eigenvalue weighted by molar-refractivity contribution is 7.53. The van der Waals surface area contributed by atoms with Crippen molar-refractivity contribution in [1.82, 2.24) is 0 Å². The molecule has 0 saturated heterocycles. The molecule has 0 heterocycles. The third-order valence-electron chi connectivity index (χ3n) is 8.80. The van der Waals surface area contributed by atoms with Crippen molar-refractivity contribution in [2.45, 2.75) is 219 Å². The van der Waals surface area contributed by atoms with Crippen LogP contribution in [0.15, 0.2) is 0 Å². The van der Waals surface area contributed by atoms with E-state index in [-0.39, 0.29) is 6.29 Å². The fourth-order valence-corrected chi connectivity index (χ4v) is 6.95. The van der Waals surface area contributed by atoms with Crippen molar-refractivity contribution in [2.24, 2.45) is 5.73 Å². The first-order valence-electron chi connectivity index (χ1n) is 19.3. The minimum absolute atomic E-state index is 0.00921. The molecule has 254 valence electrons. The van der Waals surface area contributed by atoms with Crippen LogP contribution in [0.4, 0.5) is 0 Å². The molecule has 0 radical (unpaired) electrons. The van der Waals surface area contributed by atoms with Crippen molar-refractivity contribution < 1.29 is 13.6 Å². The predicted octanol–water partition coefficient (Wildman–Crippen LogP) is 13.7. The molecular weight excluding hydrogens is 537 g/mol. The molecule has 2 N–H and O–H groups in total. The van der Waals surface area contributed by atoms with Gasteiger partial charge in [-0.2, -0.15) is 0 Å². The van der Waals surface area contributed by atoms with Gasteiger partial charge in [0.25, 0.3) is 0 Å². The first-order chi connectivity index (χ1) is 20.7. The van der Waals surface area contributed by atoms with Gasteiger partial charge in [-0.3, -0.25) is 4.57 Å². The van der Waals surface area contributed by atoms with E-state index in [4.69, 9.17) is 14.8 Å². The molecule has 0 atom stereocenters. The summed E-state index contributed by atoms with van der Waals surface area (Å²) in [4.78, 5) is 0. The summed E-state index contributed by atoms with van der Waals surface area (Å²) < 4.78 is 24.0. The number of hydrogen-bond donors (Lipinski definition) is 1. The normalized spacial score (nSPS) is 12.0. The Kier molecular flexibility index (Phi) is 35.7. The summed E-state index contributed by atoms with van der Waals surface area (Å²) in [6, 6.07) is 0. The van der Waals surface area contributed by atoms with Crippen LogP contribution >= 0.6 is 7.60 Å². The van der Waals surface area contributed by atoms with Gasteiger partial charge in [0, 0.05) is 0 Å². The average Bonchev–Trinajstić information content (AvgIpc) is 3.00. The lowest BCUT2D eigenvalue weighted by atomic mass is 10.0. The molecule has 0 spiro atoms. The Morgan fingerprint density at radius 1 is 0.357 bits per heavy atom. The molecule has 0 amide bonds. The van der Waals surface area contributed by atoms with Crippen LogP contribution < -0.4 is 5.73 Å². The van der Waals surface area contributed by atoms with Crippen molar-refractivity contribution in [3.05, 3.63) is 0 Å². The Hall–Kier alpha value is 0.110. The molecule has 4 nitrogen and oxygen atoms in total. The van der Waals surface area contributed by atoms with Gasteiger partial charge in [-0.25, -0.2) is 0 Å². The minimum Gasteiger partial charge on any atom is -0.320 e. The summed E-state index contributed by atoms with van der Waals surface area (Å²) in [5.41, 5.74) is 5.74. The monoisotopic (exact) mass is 616 g/mol. The Morgan fingerprint density at radius 3 is 0.738 bits per heavy atom. The van der Waals surface area contributed by atoms with Crippen LogP contribution in [0.5, 0.6) is 0 Å². The Labute approximate surface area is 265 Å². The van der Waals surface area contributed by atoms with Gasteiger partial charge in [-0.05, 0) is 12.8 Å². The van der Waals surface area contributed by atoms with Crippen molar-refractivity contribution in [2.75, 3.05) is 19.5 Å². The van der Waals surface area contributed by atoms with E-state index in [1.165, 1.54) is 180 Å². The van der Waals surface area contributed by atoms with Crippen LogP contribution in [-0.4, -0.2) is 19.5 Å². The number of nitrogens with two attached hydrogens (primary N) is 1. The van der Waals surface area contributed by atoms with E-state index < -0.39 is 7.60 Å². The van der Waals surface area contributed by atoms with Gasteiger partial charge in [-0.15, -0.1) is 0 Å². The zero-order valence-electron chi connectivity index (χ0n) is 29.0. The van der Waals surface area contributed by atoms with Crippen molar-refractivity contribution in [1.29, 1.82) is 0 Å². The molecule has 0 aliphatic rings. The standard InChI is InChI=1S/C37H78NO3P/c1-3-5-7-9-11-13-15-17-19-21-23-25-27-29-31-33-35-40-42(39,37-38)41-36-34-32-30-28-26-24-22-20-18-16-14-12-10-8-6-4-2/h3-38H2,1-2H3. The Balaban J connectivity index is 3.38. The van der Waals surface area contributed by atoms with E-state index in [2.05, 4.69) is 13.8 Å². The highest BCUT2D eigenvalue weighted by Gasteiger charge is 2.21. The second kappa shape index (κ2) is 35.6. The van der Waals surface area contributed by atoms with Gasteiger partial charge in [0.2, 0.25) is 0 Å². The van der Waals surface area contributed by atoms with Crippen LogP contribution in [0.3, 0.4) is 0 Å². The molecule has 0 aromatic carbocycles. The summed E-state index contributed by atoms with van der Waals surface area (Å²) in [6.45, 7) is 5.59. The lowest BCUT2D eigenvalue weighted by molar-refractivity contribution is 0.198. The molecule has 0 aliphatic heterocycles. The lowest BCUT2D eigenvalue weighted by Gasteiger charge is -2.16. The SMILES string of the molecule is CCCCCCCCCCCCCCCCCCOP(=O)(CN)OCCCCCCCCCCCCCCCCCC. The first kappa shape index (κ1) is 42.1. The summed E-state index contributed by atoms with van der Waals surface area (Å²) in [7, 11) is -3.10. The van der Waals surface area contributed by atoms with E-state index in [0.717, 1.165) is 25.7 Å². The highest BCUT2D eigenvalue weighted by Crippen LogP contribution is 2.46. The third kappa shape index (κ3) is 33.0. The van der Waals surface area contributed by atoms with E-state index in [0.29, 0.717) is 13.2 Å². The maximum Gasteiger partial charge on any atom is 0.344 e. The van der Waals surface area contributed by atoms with E-state index in [1.807, 2.05) is 0 Å². The smallest absolute Gasteiger partial charge is 0.320 e. The largest absolute Gasteiger partial charge is 0.344 e. The molecule has 0 aliphatic carbocycles. The maximum atomic E-state index is 12.7. The topological polar surface area (TPSA) is 61.5 Å². The minimum atomic E-state index is -3.10. The van der Waals surface area contributed by atoms with Gasteiger partial charge in [0.05, 0.1) is 19.5 Å². The lowest BCUT2D eigenvalue weighted by Crippen LogP contribution is -2.08. The molecule has 0 aromatic rings.